The van der Waals surface area contributed by atoms with Gasteiger partial charge in [-0.25, -0.2) is 0 Å². The van der Waals surface area contributed by atoms with Gasteiger partial charge in [0.2, 0.25) is 11.2 Å². The maximum atomic E-state index is 13.3. The van der Waals surface area contributed by atoms with Crippen molar-refractivity contribution in [2.24, 2.45) is 0 Å². The Kier molecular flexibility index (Phi) is 6.78. The Morgan fingerprint density at radius 3 is 2.34 bits per heavy atom. The minimum atomic E-state index is -4.67. The summed E-state index contributed by atoms with van der Waals surface area (Å²) in [5.74, 6) is -1.17. The van der Waals surface area contributed by atoms with Crippen molar-refractivity contribution in [3.8, 4) is 17.1 Å². The van der Waals surface area contributed by atoms with E-state index in [9.17, 15) is 22.8 Å². The number of hydrogen-bond acceptors (Lipinski definition) is 4. The lowest BCUT2D eigenvalue weighted by Crippen LogP contribution is -2.32. The summed E-state index contributed by atoms with van der Waals surface area (Å²) in [5, 5.41) is 3.05. The van der Waals surface area contributed by atoms with E-state index in [0.29, 0.717) is 10.6 Å². The van der Waals surface area contributed by atoms with Crippen molar-refractivity contribution in [3.05, 3.63) is 92.6 Å². The zero-order chi connectivity index (χ0) is 25.3. The van der Waals surface area contributed by atoms with E-state index in [2.05, 4.69) is 5.32 Å². The van der Waals surface area contributed by atoms with Gasteiger partial charge in [-0.1, -0.05) is 35.3 Å². The van der Waals surface area contributed by atoms with Gasteiger partial charge in [-0.3, -0.25) is 9.59 Å². The third-order valence-electron chi connectivity index (χ3n) is 5.07. The summed E-state index contributed by atoms with van der Waals surface area (Å²) in [4.78, 5) is 26.0. The maximum Gasteiger partial charge on any atom is 0.418 e. The molecule has 180 valence electrons. The van der Waals surface area contributed by atoms with E-state index in [1.807, 2.05) is 0 Å². The van der Waals surface area contributed by atoms with E-state index < -0.39 is 34.9 Å². The summed E-state index contributed by atoms with van der Waals surface area (Å²) in [7, 11) is 0. The van der Waals surface area contributed by atoms with E-state index in [1.54, 1.807) is 30.3 Å². The van der Waals surface area contributed by atoms with Crippen LogP contribution in [-0.4, -0.2) is 12.0 Å². The molecule has 35 heavy (non-hydrogen) atoms. The first-order valence-electron chi connectivity index (χ1n) is 10.2. The molecule has 3 aromatic carbocycles. The molecule has 10 heteroatoms. The number of ether oxygens (including phenoxy) is 1. The number of nitrogens with one attached hydrogen (secondary N) is 1. The predicted molar refractivity (Wildman–Crippen MR) is 128 cm³/mol. The zero-order valence-electron chi connectivity index (χ0n) is 18.0. The van der Waals surface area contributed by atoms with E-state index in [1.165, 1.54) is 31.2 Å². The summed E-state index contributed by atoms with van der Waals surface area (Å²) in [6, 6.07) is 15.4. The van der Waals surface area contributed by atoms with Crippen molar-refractivity contribution in [2.45, 2.75) is 19.2 Å². The van der Waals surface area contributed by atoms with Crippen molar-refractivity contribution in [3.63, 3.8) is 0 Å². The van der Waals surface area contributed by atoms with Crippen LogP contribution in [0.4, 0.5) is 18.9 Å². The van der Waals surface area contributed by atoms with Crippen molar-refractivity contribution >= 4 is 45.8 Å². The van der Waals surface area contributed by atoms with Crippen LogP contribution in [0.1, 0.15) is 12.5 Å². The molecule has 0 aliphatic heterocycles. The molecule has 0 radical (unpaired) electrons. The average molecular weight is 522 g/mol. The number of para-hydroxylation sites is 1. The standard InChI is InChI=1S/C25H16Cl2F3NO4/c1-13(24(33)31-19-5-3-2-4-18(19)25(28,29)30)34-23-21(32)17-12-16(27)10-11-20(17)35-22(23)14-6-8-15(26)9-7-14/h2-13H,1H3,(H,31,33). The van der Waals surface area contributed by atoms with Crippen LogP contribution in [0.2, 0.25) is 10.0 Å². The maximum absolute atomic E-state index is 13.3. The van der Waals surface area contributed by atoms with Gasteiger partial charge in [0.1, 0.15) is 5.58 Å². The molecule has 0 fully saturated rings. The van der Waals surface area contributed by atoms with Gasteiger partial charge in [0.25, 0.3) is 5.91 Å². The molecule has 4 aromatic rings. The molecule has 1 unspecified atom stereocenters. The normalized spacial score (nSPS) is 12.4. The quantitative estimate of drug-likeness (QED) is 0.301. The van der Waals surface area contributed by atoms with Crippen LogP contribution in [-0.2, 0) is 11.0 Å². The average Bonchev–Trinajstić information content (AvgIpc) is 2.81. The number of anilines is 1. The van der Waals surface area contributed by atoms with E-state index in [4.69, 9.17) is 32.4 Å². The second-order valence-corrected chi connectivity index (χ2v) is 8.40. The number of halogens is 5. The second-order valence-electron chi connectivity index (χ2n) is 7.53. The van der Waals surface area contributed by atoms with Crippen LogP contribution < -0.4 is 15.5 Å². The SMILES string of the molecule is CC(Oc1c(-c2ccc(Cl)cc2)oc2ccc(Cl)cc2c1=O)C(=O)Nc1ccccc1C(F)(F)F. The van der Waals surface area contributed by atoms with E-state index in [0.717, 1.165) is 12.1 Å². The molecule has 5 nitrogen and oxygen atoms in total. The molecule has 0 spiro atoms. The van der Waals surface area contributed by atoms with Crippen LogP contribution in [0, 0.1) is 0 Å². The monoisotopic (exact) mass is 521 g/mol. The molecule has 4 rings (SSSR count). The summed E-state index contributed by atoms with van der Waals surface area (Å²) < 4.78 is 51.5. The minimum Gasteiger partial charge on any atom is -0.473 e. The zero-order valence-corrected chi connectivity index (χ0v) is 19.5. The highest BCUT2D eigenvalue weighted by molar-refractivity contribution is 6.31. The second kappa shape index (κ2) is 9.64. The Bertz CT molecular complexity index is 1470. The van der Waals surface area contributed by atoms with Crippen LogP contribution in [0.15, 0.2) is 75.9 Å². The molecule has 0 aliphatic carbocycles. The highest BCUT2D eigenvalue weighted by Crippen LogP contribution is 2.35. The van der Waals surface area contributed by atoms with Gasteiger partial charge in [0, 0.05) is 15.6 Å². The predicted octanol–water partition coefficient (Wildman–Crippen LogP) is 7.19. The number of rotatable bonds is 5. The van der Waals surface area contributed by atoms with Gasteiger partial charge in [-0.2, -0.15) is 13.2 Å². The van der Waals surface area contributed by atoms with Gasteiger partial charge in [0.05, 0.1) is 16.6 Å². The summed E-state index contributed by atoms with van der Waals surface area (Å²) in [6.45, 7) is 1.30. The van der Waals surface area contributed by atoms with E-state index >= 15 is 0 Å². The van der Waals surface area contributed by atoms with Gasteiger partial charge in [-0.15, -0.1) is 0 Å². The highest BCUT2D eigenvalue weighted by Gasteiger charge is 2.34. The lowest BCUT2D eigenvalue weighted by Gasteiger charge is -2.18. The number of carbonyl (C=O) groups excluding carboxylic acids is 1. The molecular weight excluding hydrogens is 506 g/mol. The van der Waals surface area contributed by atoms with E-state index in [-0.39, 0.29) is 27.5 Å². The fourth-order valence-corrected chi connectivity index (χ4v) is 3.65. The molecule has 0 saturated carbocycles. The van der Waals surface area contributed by atoms with Crippen molar-refractivity contribution < 1.29 is 27.1 Å². The Labute approximate surface area is 207 Å². The van der Waals surface area contributed by atoms with Crippen LogP contribution in [0.25, 0.3) is 22.3 Å². The largest absolute Gasteiger partial charge is 0.473 e. The lowest BCUT2D eigenvalue weighted by molar-refractivity contribution is -0.137. The lowest BCUT2D eigenvalue weighted by atomic mass is 10.1. The van der Waals surface area contributed by atoms with Gasteiger partial charge < -0.3 is 14.5 Å². The van der Waals surface area contributed by atoms with Crippen LogP contribution in [0.5, 0.6) is 5.75 Å². The topological polar surface area (TPSA) is 68.5 Å². The van der Waals surface area contributed by atoms with Crippen molar-refractivity contribution in [1.29, 1.82) is 0 Å². The first-order valence-corrected chi connectivity index (χ1v) is 11.0. The first kappa shape index (κ1) is 24.6. The minimum absolute atomic E-state index is 0.0248. The van der Waals surface area contributed by atoms with Crippen molar-refractivity contribution in [1.82, 2.24) is 0 Å². The fourth-order valence-electron chi connectivity index (χ4n) is 3.35. The number of amides is 1. The number of fused-ring (bicyclic) bond motifs is 1. The molecule has 1 amide bonds. The number of benzene rings is 3. The smallest absolute Gasteiger partial charge is 0.418 e. The molecule has 1 N–H and O–H groups in total. The Hall–Kier alpha value is -3.49. The summed E-state index contributed by atoms with van der Waals surface area (Å²) >= 11 is 12.0. The van der Waals surface area contributed by atoms with Crippen LogP contribution >= 0.6 is 23.2 Å². The summed E-state index contributed by atoms with van der Waals surface area (Å²) in [6.07, 6.45) is -6.03. The Morgan fingerprint density at radius 2 is 1.66 bits per heavy atom. The molecule has 1 aromatic heterocycles. The Morgan fingerprint density at radius 1 is 1.00 bits per heavy atom. The van der Waals surface area contributed by atoms with Crippen molar-refractivity contribution in [2.75, 3.05) is 5.32 Å². The number of carbonyl (C=O) groups is 1. The van der Waals surface area contributed by atoms with Gasteiger partial charge in [0.15, 0.2) is 11.9 Å². The third kappa shape index (κ3) is 5.28. The van der Waals surface area contributed by atoms with Gasteiger partial charge >= 0.3 is 6.18 Å². The van der Waals surface area contributed by atoms with Crippen LogP contribution in [0.3, 0.4) is 0 Å². The molecule has 1 atom stereocenters. The molecule has 0 bridgehead atoms. The summed E-state index contributed by atoms with van der Waals surface area (Å²) in [5.41, 5.74) is -1.38. The number of alkyl halides is 3. The first-order chi connectivity index (χ1) is 16.5. The van der Waals surface area contributed by atoms with Gasteiger partial charge in [-0.05, 0) is 61.5 Å². The molecule has 0 saturated heterocycles. The molecule has 1 heterocycles. The third-order valence-corrected chi connectivity index (χ3v) is 5.56. The molecular formula is C25H16Cl2F3NO4. The Balaban J connectivity index is 1.73. The number of hydrogen-bond donors (Lipinski definition) is 1. The molecule has 0 aliphatic rings. The fraction of sp³-hybridized carbons (Fsp3) is 0.120. The highest BCUT2D eigenvalue weighted by atomic mass is 35.5.